The van der Waals surface area contributed by atoms with Crippen LogP contribution in [-0.4, -0.2) is 31.1 Å². The van der Waals surface area contributed by atoms with E-state index in [2.05, 4.69) is 28.9 Å². The molecule has 88 valence electrons. The molecule has 1 aliphatic rings. The molecule has 0 unspecified atom stereocenters. The summed E-state index contributed by atoms with van der Waals surface area (Å²) in [4.78, 5) is 2.39. The topological polar surface area (TPSA) is 39.1 Å². The summed E-state index contributed by atoms with van der Waals surface area (Å²) in [6.07, 6.45) is 1.96. The molecular formula is C14H17N3. The molecule has 0 amide bonds. The van der Waals surface area contributed by atoms with E-state index >= 15 is 0 Å². The Morgan fingerprint density at radius 3 is 2.82 bits per heavy atom. The molecule has 1 heterocycles. The van der Waals surface area contributed by atoms with E-state index in [1.807, 2.05) is 24.3 Å². The number of piperazine rings is 1. The molecule has 1 saturated heterocycles. The van der Waals surface area contributed by atoms with Gasteiger partial charge in [-0.15, -0.1) is 6.58 Å². The van der Waals surface area contributed by atoms with Gasteiger partial charge in [0.05, 0.1) is 17.7 Å². The molecule has 3 heteroatoms. The van der Waals surface area contributed by atoms with E-state index in [1.165, 1.54) is 0 Å². The number of rotatable bonds is 3. The Balaban J connectivity index is 2.21. The molecule has 1 N–H and O–H groups in total. The molecule has 0 spiro atoms. The predicted molar refractivity (Wildman–Crippen MR) is 68.5 cm³/mol. The Kier molecular flexibility index (Phi) is 3.92. The Bertz CT molecular complexity index is 427. The third kappa shape index (κ3) is 2.73. The second kappa shape index (κ2) is 5.62. The van der Waals surface area contributed by atoms with Gasteiger partial charge in [-0.2, -0.15) is 5.26 Å². The van der Waals surface area contributed by atoms with E-state index in [9.17, 15) is 0 Å². The van der Waals surface area contributed by atoms with Gasteiger partial charge in [0.25, 0.3) is 0 Å². The predicted octanol–water partition coefficient (Wildman–Crippen LogP) is 1.69. The van der Waals surface area contributed by atoms with Crippen LogP contribution in [0.3, 0.4) is 0 Å². The highest BCUT2D eigenvalue weighted by Gasteiger charge is 2.19. The Labute approximate surface area is 102 Å². The van der Waals surface area contributed by atoms with E-state index in [4.69, 9.17) is 5.26 Å². The highest BCUT2D eigenvalue weighted by Crippen LogP contribution is 2.22. The third-order valence-electron chi connectivity index (χ3n) is 3.13. The number of hydrogen-bond donors (Lipinski definition) is 1. The standard InChI is InChI=1S/C14H17N3/c1-2-14(17-8-6-16-7-9-17)13-5-3-4-12(10-13)11-15/h2-5,10,14,16H,1,6-9H2/t14-/m0/s1. The van der Waals surface area contributed by atoms with Gasteiger partial charge in [-0.1, -0.05) is 18.2 Å². The Morgan fingerprint density at radius 2 is 2.18 bits per heavy atom. The van der Waals surface area contributed by atoms with Crippen LogP contribution < -0.4 is 5.32 Å². The molecule has 0 aromatic heterocycles. The molecule has 1 atom stereocenters. The van der Waals surface area contributed by atoms with Crippen molar-refractivity contribution in [2.75, 3.05) is 26.2 Å². The fraction of sp³-hybridized carbons (Fsp3) is 0.357. The maximum atomic E-state index is 8.93. The van der Waals surface area contributed by atoms with Crippen molar-refractivity contribution in [3.8, 4) is 6.07 Å². The van der Waals surface area contributed by atoms with Crippen molar-refractivity contribution in [1.29, 1.82) is 5.26 Å². The van der Waals surface area contributed by atoms with Crippen LogP contribution in [0.4, 0.5) is 0 Å². The van der Waals surface area contributed by atoms with Gasteiger partial charge in [0.1, 0.15) is 0 Å². The van der Waals surface area contributed by atoms with Gasteiger partial charge in [-0.05, 0) is 17.7 Å². The zero-order chi connectivity index (χ0) is 12.1. The summed E-state index contributed by atoms with van der Waals surface area (Å²) in [5, 5.41) is 12.3. The molecular weight excluding hydrogens is 210 g/mol. The van der Waals surface area contributed by atoms with Crippen molar-refractivity contribution in [2.45, 2.75) is 6.04 Å². The molecule has 1 fully saturated rings. The molecule has 3 nitrogen and oxygen atoms in total. The van der Waals surface area contributed by atoms with E-state index in [0.717, 1.165) is 31.7 Å². The molecule has 0 aliphatic carbocycles. The van der Waals surface area contributed by atoms with Gasteiger partial charge < -0.3 is 5.32 Å². The van der Waals surface area contributed by atoms with Crippen molar-refractivity contribution >= 4 is 0 Å². The van der Waals surface area contributed by atoms with Gasteiger partial charge >= 0.3 is 0 Å². The maximum Gasteiger partial charge on any atom is 0.0991 e. The van der Waals surface area contributed by atoms with Gasteiger partial charge in [-0.3, -0.25) is 4.90 Å². The zero-order valence-corrected chi connectivity index (χ0v) is 9.89. The highest BCUT2D eigenvalue weighted by molar-refractivity contribution is 5.35. The smallest absolute Gasteiger partial charge is 0.0991 e. The van der Waals surface area contributed by atoms with E-state index in [0.29, 0.717) is 5.56 Å². The van der Waals surface area contributed by atoms with Crippen LogP contribution in [0.15, 0.2) is 36.9 Å². The van der Waals surface area contributed by atoms with Gasteiger partial charge in [-0.25, -0.2) is 0 Å². The summed E-state index contributed by atoms with van der Waals surface area (Å²) < 4.78 is 0. The molecule has 0 saturated carbocycles. The summed E-state index contributed by atoms with van der Waals surface area (Å²) >= 11 is 0. The van der Waals surface area contributed by atoms with Crippen molar-refractivity contribution in [1.82, 2.24) is 10.2 Å². The van der Waals surface area contributed by atoms with E-state index in [1.54, 1.807) is 0 Å². The highest BCUT2D eigenvalue weighted by atomic mass is 15.2. The molecule has 2 rings (SSSR count). The van der Waals surface area contributed by atoms with E-state index in [-0.39, 0.29) is 6.04 Å². The number of benzene rings is 1. The van der Waals surface area contributed by atoms with Crippen LogP contribution in [0.25, 0.3) is 0 Å². The van der Waals surface area contributed by atoms with Crippen molar-refractivity contribution in [3.63, 3.8) is 0 Å². The Morgan fingerprint density at radius 1 is 1.41 bits per heavy atom. The minimum atomic E-state index is 0.213. The molecule has 0 bridgehead atoms. The van der Waals surface area contributed by atoms with Crippen LogP contribution >= 0.6 is 0 Å². The SMILES string of the molecule is C=C[C@@H](c1cccc(C#N)c1)N1CCNCC1. The van der Waals surface area contributed by atoms with Crippen LogP contribution in [0.2, 0.25) is 0 Å². The maximum absolute atomic E-state index is 8.93. The minimum Gasteiger partial charge on any atom is -0.314 e. The number of hydrogen-bond acceptors (Lipinski definition) is 3. The zero-order valence-electron chi connectivity index (χ0n) is 9.89. The first kappa shape index (κ1) is 11.8. The normalized spacial score (nSPS) is 18.3. The lowest BCUT2D eigenvalue weighted by Crippen LogP contribution is -2.44. The second-order valence-electron chi connectivity index (χ2n) is 4.20. The summed E-state index contributed by atoms with van der Waals surface area (Å²) in [5.74, 6) is 0. The monoisotopic (exact) mass is 227 g/mol. The molecule has 1 aromatic carbocycles. The molecule has 1 aromatic rings. The largest absolute Gasteiger partial charge is 0.314 e. The summed E-state index contributed by atoms with van der Waals surface area (Å²) in [7, 11) is 0. The quantitative estimate of drug-likeness (QED) is 0.799. The Hall–Kier alpha value is -1.63. The number of nitrogens with one attached hydrogen (secondary N) is 1. The fourth-order valence-electron chi connectivity index (χ4n) is 2.25. The lowest BCUT2D eigenvalue weighted by atomic mass is 10.0. The van der Waals surface area contributed by atoms with Gasteiger partial charge in [0.15, 0.2) is 0 Å². The first-order valence-corrected chi connectivity index (χ1v) is 5.92. The molecule has 17 heavy (non-hydrogen) atoms. The first-order chi connectivity index (χ1) is 8.35. The number of nitriles is 1. The molecule has 0 radical (unpaired) electrons. The van der Waals surface area contributed by atoms with Crippen molar-refractivity contribution in [2.24, 2.45) is 0 Å². The lowest BCUT2D eigenvalue weighted by molar-refractivity contribution is 0.203. The van der Waals surface area contributed by atoms with Gasteiger partial charge in [0.2, 0.25) is 0 Å². The average Bonchev–Trinajstić information content (AvgIpc) is 2.41. The van der Waals surface area contributed by atoms with Gasteiger partial charge in [0, 0.05) is 26.2 Å². The summed E-state index contributed by atoms with van der Waals surface area (Å²) in [6.45, 7) is 8.00. The van der Waals surface area contributed by atoms with Crippen LogP contribution in [-0.2, 0) is 0 Å². The third-order valence-corrected chi connectivity index (χ3v) is 3.13. The number of nitrogens with zero attached hydrogens (tertiary/aromatic N) is 2. The van der Waals surface area contributed by atoms with Crippen molar-refractivity contribution in [3.05, 3.63) is 48.0 Å². The van der Waals surface area contributed by atoms with Crippen LogP contribution in [0, 0.1) is 11.3 Å². The second-order valence-corrected chi connectivity index (χ2v) is 4.20. The average molecular weight is 227 g/mol. The van der Waals surface area contributed by atoms with Crippen molar-refractivity contribution < 1.29 is 0 Å². The summed E-state index contributed by atoms with van der Waals surface area (Å²) in [5.41, 5.74) is 1.87. The summed E-state index contributed by atoms with van der Waals surface area (Å²) in [6, 6.07) is 10.2. The fourth-order valence-corrected chi connectivity index (χ4v) is 2.25. The first-order valence-electron chi connectivity index (χ1n) is 5.92. The molecule has 1 aliphatic heterocycles. The van der Waals surface area contributed by atoms with E-state index < -0.39 is 0 Å². The minimum absolute atomic E-state index is 0.213. The van der Waals surface area contributed by atoms with Crippen LogP contribution in [0.5, 0.6) is 0 Å². The lowest BCUT2D eigenvalue weighted by Gasteiger charge is -2.33. The van der Waals surface area contributed by atoms with Crippen LogP contribution in [0.1, 0.15) is 17.2 Å².